The Bertz CT molecular complexity index is 708. The topological polar surface area (TPSA) is 61.4 Å². The standard InChI is InChI=1S/C20H26F3N3O2.ClH/c21-20(22,23)16-6-1-4-14(10-16)11-18(27)26-9-3-5-15(13-26)12-25-19(28)17-7-2-8-24-17;/h1,4,6,10,15,17,24H,2-3,5,7-9,11-13H2,(H,25,28);1H. The molecule has 3 rings (SSSR count). The molecule has 0 bridgehead atoms. The molecule has 2 aliphatic heterocycles. The van der Waals surface area contributed by atoms with Crippen LogP contribution >= 0.6 is 12.4 Å². The highest BCUT2D eigenvalue weighted by Gasteiger charge is 2.31. The van der Waals surface area contributed by atoms with Crippen molar-refractivity contribution in [3.8, 4) is 0 Å². The van der Waals surface area contributed by atoms with Crippen LogP contribution in [-0.2, 0) is 22.2 Å². The molecule has 5 nitrogen and oxygen atoms in total. The van der Waals surface area contributed by atoms with Gasteiger partial charge in [-0.15, -0.1) is 12.4 Å². The number of nitrogens with one attached hydrogen (secondary N) is 2. The van der Waals surface area contributed by atoms with Crippen molar-refractivity contribution in [3.63, 3.8) is 0 Å². The maximum Gasteiger partial charge on any atom is 0.416 e. The second-order valence-electron chi connectivity index (χ2n) is 7.62. The number of amides is 2. The Hall–Kier alpha value is -1.80. The van der Waals surface area contributed by atoms with Crippen molar-refractivity contribution in [1.82, 2.24) is 15.5 Å². The van der Waals surface area contributed by atoms with Gasteiger partial charge in [0, 0.05) is 19.6 Å². The Morgan fingerprint density at radius 2 is 2.00 bits per heavy atom. The number of alkyl halides is 3. The Balaban J connectivity index is 0.00000300. The van der Waals surface area contributed by atoms with Gasteiger partial charge in [0.1, 0.15) is 0 Å². The molecule has 0 saturated carbocycles. The van der Waals surface area contributed by atoms with E-state index >= 15 is 0 Å². The van der Waals surface area contributed by atoms with E-state index in [2.05, 4.69) is 10.6 Å². The van der Waals surface area contributed by atoms with E-state index in [4.69, 9.17) is 0 Å². The van der Waals surface area contributed by atoms with Crippen molar-refractivity contribution >= 4 is 24.2 Å². The fraction of sp³-hybridized carbons (Fsp3) is 0.600. The van der Waals surface area contributed by atoms with Gasteiger partial charge >= 0.3 is 6.18 Å². The van der Waals surface area contributed by atoms with E-state index in [-0.39, 0.29) is 42.6 Å². The first-order valence-corrected chi connectivity index (χ1v) is 9.78. The molecule has 0 aromatic heterocycles. The number of carbonyl (C=O) groups excluding carboxylic acids is 2. The Labute approximate surface area is 174 Å². The predicted molar refractivity (Wildman–Crippen MR) is 106 cm³/mol. The van der Waals surface area contributed by atoms with Gasteiger partial charge < -0.3 is 15.5 Å². The maximum absolute atomic E-state index is 12.8. The van der Waals surface area contributed by atoms with Gasteiger partial charge in [0.2, 0.25) is 11.8 Å². The number of nitrogens with zero attached hydrogens (tertiary/aromatic N) is 1. The molecular formula is C20H27ClF3N3O2. The summed E-state index contributed by atoms with van der Waals surface area (Å²) in [7, 11) is 0. The number of piperidine rings is 1. The van der Waals surface area contributed by atoms with Gasteiger partial charge in [0.05, 0.1) is 18.0 Å². The second-order valence-corrected chi connectivity index (χ2v) is 7.62. The predicted octanol–water partition coefficient (Wildman–Crippen LogP) is 2.78. The van der Waals surface area contributed by atoms with Crippen molar-refractivity contribution in [2.75, 3.05) is 26.2 Å². The van der Waals surface area contributed by atoms with E-state index in [1.165, 1.54) is 6.07 Å². The summed E-state index contributed by atoms with van der Waals surface area (Å²) < 4.78 is 38.5. The third-order valence-corrected chi connectivity index (χ3v) is 5.42. The molecule has 0 aliphatic carbocycles. The number of carbonyl (C=O) groups is 2. The summed E-state index contributed by atoms with van der Waals surface area (Å²) in [6.45, 7) is 2.51. The molecule has 9 heteroatoms. The third-order valence-electron chi connectivity index (χ3n) is 5.42. The lowest BCUT2D eigenvalue weighted by molar-refractivity contribution is -0.138. The monoisotopic (exact) mass is 433 g/mol. The zero-order valence-corrected chi connectivity index (χ0v) is 17.0. The number of hydrogen-bond acceptors (Lipinski definition) is 3. The lowest BCUT2D eigenvalue weighted by Gasteiger charge is -2.33. The lowest BCUT2D eigenvalue weighted by atomic mass is 9.97. The van der Waals surface area contributed by atoms with Crippen LogP contribution in [0.2, 0.25) is 0 Å². The number of likely N-dealkylation sites (tertiary alicyclic amines) is 1. The van der Waals surface area contributed by atoms with E-state index < -0.39 is 11.7 Å². The molecule has 162 valence electrons. The molecule has 0 spiro atoms. The van der Waals surface area contributed by atoms with Crippen LogP contribution in [0, 0.1) is 5.92 Å². The fourth-order valence-electron chi connectivity index (χ4n) is 3.88. The van der Waals surface area contributed by atoms with Crippen LogP contribution < -0.4 is 10.6 Å². The Kier molecular flexibility index (Phi) is 8.34. The summed E-state index contributed by atoms with van der Waals surface area (Å²) in [6, 6.07) is 4.80. The van der Waals surface area contributed by atoms with E-state index in [0.29, 0.717) is 25.2 Å². The largest absolute Gasteiger partial charge is 0.416 e. The van der Waals surface area contributed by atoms with Gasteiger partial charge in [-0.1, -0.05) is 18.2 Å². The smallest absolute Gasteiger partial charge is 0.354 e. The van der Waals surface area contributed by atoms with E-state index in [0.717, 1.165) is 44.4 Å². The number of hydrogen-bond donors (Lipinski definition) is 2. The van der Waals surface area contributed by atoms with Gasteiger partial charge in [-0.05, 0) is 49.8 Å². The second kappa shape index (κ2) is 10.3. The Morgan fingerprint density at radius 3 is 2.69 bits per heavy atom. The molecular weight excluding hydrogens is 407 g/mol. The van der Waals surface area contributed by atoms with Crippen LogP contribution in [0.4, 0.5) is 13.2 Å². The van der Waals surface area contributed by atoms with E-state index in [1.54, 1.807) is 11.0 Å². The number of rotatable bonds is 5. The van der Waals surface area contributed by atoms with E-state index in [1.807, 2.05) is 0 Å². The number of benzene rings is 1. The average molecular weight is 434 g/mol. The molecule has 2 aliphatic rings. The minimum Gasteiger partial charge on any atom is -0.354 e. The summed E-state index contributed by atoms with van der Waals surface area (Å²) in [5.41, 5.74) is -0.375. The van der Waals surface area contributed by atoms with Gasteiger partial charge in [0.15, 0.2) is 0 Å². The molecule has 1 aromatic carbocycles. The highest BCUT2D eigenvalue weighted by atomic mass is 35.5. The summed E-state index contributed by atoms with van der Waals surface area (Å²) in [6.07, 6.45) is -0.865. The van der Waals surface area contributed by atoms with Crippen molar-refractivity contribution < 1.29 is 22.8 Å². The molecule has 2 N–H and O–H groups in total. The number of halogens is 4. The summed E-state index contributed by atoms with van der Waals surface area (Å²) >= 11 is 0. The Morgan fingerprint density at radius 1 is 1.21 bits per heavy atom. The van der Waals surface area contributed by atoms with Crippen LogP contribution in [0.5, 0.6) is 0 Å². The molecule has 2 unspecified atom stereocenters. The zero-order valence-electron chi connectivity index (χ0n) is 16.1. The van der Waals surface area contributed by atoms with Crippen LogP contribution in [0.15, 0.2) is 24.3 Å². The zero-order chi connectivity index (χ0) is 20.1. The fourth-order valence-corrected chi connectivity index (χ4v) is 3.88. The van der Waals surface area contributed by atoms with E-state index in [9.17, 15) is 22.8 Å². The van der Waals surface area contributed by atoms with Crippen molar-refractivity contribution in [2.45, 2.75) is 44.3 Å². The SMILES string of the molecule is Cl.O=C(NCC1CCCN(C(=O)Cc2cccc(C(F)(F)F)c2)C1)C1CCCN1. The average Bonchev–Trinajstić information content (AvgIpc) is 3.21. The first kappa shape index (κ1) is 23.5. The minimum absolute atomic E-state index is 0. The summed E-state index contributed by atoms with van der Waals surface area (Å²) in [5.74, 6) is 0.00212. The third kappa shape index (κ3) is 6.60. The van der Waals surface area contributed by atoms with Crippen LogP contribution in [-0.4, -0.2) is 48.9 Å². The molecule has 2 amide bonds. The van der Waals surface area contributed by atoms with Gasteiger partial charge in [-0.3, -0.25) is 9.59 Å². The molecule has 2 atom stereocenters. The van der Waals surface area contributed by atoms with Crippen molar-refractivity contribution in [2.24, 2.45) is 5.92 Å². The van der Waals surface area contributed by atoms with Crippen LogP contribution in [0.25, 0.3) is 0 Å². The van der Waals surface area contributed by atoms with Gasteiger partial charge in [-0.25, -0.2) is 0 Å². The maximum atomic E-state index is 12.8. The van der Waals surface area contributed by atoms with Crippen LogP contribution in [0.3, 0.4) is 0 Å². The molecule has 2 saturated heterocycles. The van der Waals surface area contributed by atoms with Crippen molar-refractivity contribution in [1.29, 1.82) is 0 Å². The highest BCUT2D eigenvalue weighted by Crippen LogP contribution is 2.29. The molecule has 29 heavy (non-hydrogen) atoms. The quantitative estimate of drug-likeness (QED) is 0.750. The van der Waals surface area contributed by atoms with Gasteiger partial charge in [-0.2, -0.15) is 13.2 Å². The van der Waals surface area contributed by atoms with Crippen LogP contribution in [0.1, 0.15) is 36.8 Å². The molecule has 1 aromatic rings. The molecule has 2 fully saturated rings. The lowest BCUT2D eigenvalue weighted by Crippen LogP contribution is -2.47. The first-order chi connectivity index (χ1) is 13.3. The molecule has 2 heterocycles. The minimum atomic E-state index is -4.42. The normalized spacial score (nSPS) is 22.1. The molecule has 0 radical (unpaired) electrons. The summed E-state index contributed by atoms with van der Waals surface area (Å²) in [4.78, 5) is 26.4. The first-order valence-electron chi connectivity index (χ1n) is 9.78. The van der Waals surface area contributed by atoms with Gasteiger partial charge in [0.25, 0.3) is 0 Å². The van der Waals surface area contributed by atoms with Crippen molar-refractivity contribution in [3.05, 3.63) is 35.4 Å². The highest BCUT2D eigenvalue weighted by molar-refractivity contribution is 5.85. The summed E-state index contributed by atoms with van der Waals surface area (Å²) in [5, 5.41) is 6.12.